The molecule has 1 unspecified atom stereocenters. The van der Waals surface area contributed by atoms with Gasteiger partial charge in [0.05, 0.1) is 6.61 Å². The molecule has 0 saturated carbocycles. The van der Waals surface area contributed by atoms with E-state index in [0.29, 0.717) is 6.04 Å². The number of piperidine rings is 1. The molecule has 0 amide bonds. The molecule has 3 nitrogen and oxygen atoms in total. The van der Waals surface area contributed by atoms with E-state index in [2.05, 4.69) is 35.3 Å². The second-order valence-corrected chi connectivity index (χ2v) is 4.77. The molecule has 3 heteroatoms. The number of rotatable bonds is 5. The summed E-state index contributed by atoms with van der Waals surface area (Å²) in [5.41, 5.74) is 1.28. The van der Waals surface area contributed by atoms with Gasteiger partial charge in [-0.05, 0) is 38.4 Å². The summed E-state index contributed by atoms with van der Waals surface area (Å²) in [7, 11) is 0. The highest BCUT2D eigenvalue weighted by molar-refractivity contribution is 5.51. The van der Waals surface area contributed by atoms with Gasteiger partial charge in [-0.15, -0.1) is 0 Å². The van der Waals surface area contributed by atoms with Gasteiger partial charge in [-0.3, -0.25) is 0 Å². The number of ether oxygens (including phenoxy) is 1. The van der Waals surface area contributed by atoms with Crippen LogP contribution in [0.5, 0.6) is 5.75 Å². The summed E-state index contributed by atoms with van der Waals surface area (Å²) >= 11 is 0. The molecule has 0 aromatic heterocycles. The lowest BCUT2D eigenvalue weighted by atomic mass is 10.0. The van der Waals surface area contributed by atoms with E-state index in [1.54, 1.807) is 0 Å². The monoisotopic (exact) mass is 248 g/mol. The Morgan fingerprint density at radius 3 is 3.06 bits per heavy atom. The third kappa shape index (κ3) is 3.39. The van der Waals surface area contributed by atoms with Gasteiger partial charge in [0.2, 0.25) is 0 Å². The van der Waals surface area contributed by atoms with Crippen LogP contribution in [0.3, 0.4) is 0 Å². The average molecular weight is 248 g/mol. The first kappa shape index (κ1) is 13.2. The number of hydrogen-bond donors (Lipinski definition) is 1. The molecule has 1 atom stereocenters. The fourth-order valence-electron chi connectivity index (χ4n) is 2.60. The van der Waals surface area contributed by atoms with Crippen molar-refractivity contribution < 1.29 is 4.74 Å². The molecule has 1 saturated heterocycles. The molecule has 1 aliphatic heterocycles. The van der Waals surface area contributed by atoms with E-state index in [1.807, 2.05) is 13.0 Å². The fourth-order valence-corrected chi connectivity index (χ4v) is 2.60. The third-order valence-electron chi connectivity index (χ3n) is 3.41. The minimum Gasteiger partial charge on any atom is -0.494 e. The lowest BCUT2D eigenvalue weighted by Crippen LogP contribution is -2.45. The lowest BCUT2D eigenvalue weighted by molar-refractivity contribution is 0.340. The van der Waals surface area contributed by atoms with Gasteiger partial charge >= 0.3 is 0 Å². The van der Waals surface area contributed by atoms with Gasteiger partial charge in [0.25, 0.3) is 0 Å². The lowest BCUT2D eigenvalue weighted by Gasteiger charge is -2.35. The topological polar surface area (TPSA) is 24.5 Å². The predicted molar refractivity (Wildman–Crippen MR) is 76.5 cm³/mol. The Balaban J connectivity index is 2.03. The molecule has 100 valence electrons. The zero-order chi connectivity index (χ0) is 12.8. The molecule has 1 heterocycles. The number of nitrogens with one attached hydrogen (secondary N) is 1. The number of likely N-dealkylation sites (N-methyl/N-ethyl adjacent to an activating group) is 1. The van der Waals surface area contributed by atoms with E-state index in [-0.39, 0.29) is 0 Å². The molecule has 1 aromatic carbocycles. The van der Waals surface area contributed by atoms with Crippen molar-refractivity contribution in [3.05, 3.63) is 24.3 Å². The summed E-state index contributed by atoms with van der Waals surface area (Å²) < 4.78 is 5.57. The molecule has 2 rings (SSSR count). The molecule has 0 aliphatic carbocycles. The smallest absolute Gasteiger partial charge is 0.121 e. The number of anilines is 1. The van der Waals surface area contributed by atoms with Crippen molar-refractivity contribution in [3.8, 4) is 5.75 Å². The zero-order valence-corrected chi connectivity index (χ0v) is 11.5. The molecule has 0 radical (unpaired) electrons. The van der Waals surface area contributed by atoms with Crippen molar-refractivity contribution in [2.24, 2.45) is 0 Å². The first-order valence-electron chi connectivity index (χ1n) is 7.04. The van der Waals surface area contributed by atoms with E-state index < -0.39 is 0 Å². The summed E-state index contributed by atoms with van der Waals surface area (Å²) in [6.45, 7) is 8.23. The van der Waals surface area contributed by atoms with Crippen LogP contribution in [0.2, 0.25) is 0 Å². The summed E-state index contributed by atoms with van der Waals surface area (Å²) in [5, 5.41) is 3.55. The summed E-state index contributed by atoms with van der Waals surface area (Å²) in [4.78, 5) is 2.46. The van der Waals surface area contributed by atoms with Crippen LogP contribution in [0.15, 0.2) is 24.3 Å². The predicted octanol–water partition coefficient (Wildman–Crippen LogP) is 2.66. The minimum absolute atomic E-state index is 0.625. The SMILES string of the molecule is CCNC1CCCN(c2cccc(OCC)c2)C1. The van der Waals surface area contributed by atoms with Crippen molar-refractivity contribution in [1.82, 2.24) is 5.32 Å². The Morgan fingerprint density at radius 2 is 2.28 bits per heavy atom. The maximum absolute atomic E-state index is 5.57. The van der Waals surface area contributed by atoms with Crippen molar-refractivity contribution in [3.63, 3.8) is 0 Å². The maximum Gasteiger partial charge on any atom is 0.121 e. The quantitative estimate of drug-likeness (QED) is 0.867. The largest absolute Gasteiger partial charge is 0.494 e. The van der Waals surface area contributed by atoms with Gasteiger partial charge in [0.15, 0.2) is 0 Å². The van der Waals surface area contributed by atoms with Crippen LogP contribution in [0.1, 0.15) is 26.7 Å². The van der Waals surface area contributed by atoms with Crippen molar-refractivity contribution in [2.45, 2.75) is 32.7 Å². The molecule has 1 N–H and O–H groups in total. The van der Waals surface area contributed by atoms with E-state index >= 15 is 0 Å². The Morgan fingerprint density at radius 1 is 1.39 bits per heavy atom. The first-order chi connectivity index (χ1) is 8.83. The van der Waals surface area contributed by atoms with Crippen LogP contribution in [0.4, 0.5) is 5.69 Å². The van der Waals surface area contributed by atoms with Gasteiger partial charge in [0, 0.05) is 30.9 Å². The van der Waals surface area contributed by atoms with Gasteiger partial charge in [-0.2, -0.15) is 0 Å². The Bertz CT molecular complexity index is 365. The van der Waals surface area contributed by atoms with Crippen molar-refractivity contribution >= 4 is 5.69 Å². The summed E-state index contributed by atoms with van der Waals surface area (Å²) in [6.07, 6.45) is 2.55. The number of benzene rings is 1. The van der Waals surface area contributed by atoms with E-state index in [0.717, 1.165) is 32.0 Å². The van der Waals surface area contributed by atoms with Crippen LogP contribution in [-0.2, 0) is 0 Å². The normalized spacial score (nSPS) is 19.9. The first-order valence-corrected chi connectivity index (χ1v) is 7.04. The second-order valence-electron chi connectivity index (χ2n) is 4.77. The zero-order valence-electron chi connectivity index (χ0n) is 11.5. The molecule has 0 spiro atoms. The summed E-state index contributed by atoms with van der Waals surface area (Å²) in [6, 6.07) is 9.06. The maximum atomic E-state index is 5.57. The molecule has 1 aromatic rings. The van der Waals surface area contributed by atoms with E-state index in [1.165, 1.54) is 18.5 Å². The molecule has 0 bridgehead atoms. The van der Waals surface area contributed by atoms with Crippen LogP contribution < -0.4 is 15.0 Å². The van der Waals surface area contributed by atoms with Crippen molar-refractivity contribution in [1.29, 1.82) is 0 Å². The van der Waals surface area contributed by atoms with E-state index in [4.69, 9.17) is 4.74 Å². The highest BCUT2D eigenvalue weighted by atomic mass is 16.5. The Labute approximate surface area is 110 Å². The van der Waals surface area contributed by atoms with Crippen LogP contribution >= 0.6 is 0 Å². The minimum atomic E-state index is 0.625. The van der Waals surface area contributed by atoms with E-state index in [9.17, 15) is 0 Å². The number of hydrogen-bond acceptors (Lipinski definition) is 3. The second kappa shape index (κ2) is 6.64. The third-order valence-corrected chi connectivity index (χ3v) is 3.41. The van der Waals surface area contributed by atoms with Crippen molar-refractivity contribution in [2.75, 3.05) is 31.1 Å². The fraction of sp³-hybridized carbons (Fsp3) is 0.600. The van der Waals surface area contributed by atoms with Gasteiger partial charge in [-0.25, -0.2) is 0 Å². The highest BCUT2D eigenvalue weighted by Crippen LogP contribution is 2.24. The molecule has 1 fully saturated rings. The summed E-state index contributed by atoms with van der Waals surface area (Å²) in [5.74, 6) is 0.973. The molecule has 1 aliphatic rings. The van der Waals surface area contributed by atoms with Crippen LogP contribution in [0.25, 0.3) is 0 Å². The molecular formula is C15H24N2O. The number of nitrogens with zero attached hydrogens (tertiary/aromatic N) is 1. The van der Waals surface area contributed by atoms with Crippen LogP contribution in [0, 0.1) is 0 Å². The van der Waals surface area contributed by atoms with Gasteiger partial charge in [-0.1, -0.05) is 13.0 Å². The van der Waals surface area contributed by atoms with Crippen LogP contribution in [-0.4, -0.2) is 32.3 Å². The standard InChI is InChI=1S/C15H24N2O/c1-3-16-13-7-6-10-17(12-13)14-8-5-9-15(11-14)18-4-2/h5,8-9,11,13,16H,3-4,6-7,10,12H2,1-2H3. The molecule has 18 heavy (non-hydrogen) atoms. The Kier molecular flexibility index (Phi) is 4.88. The Hall–Kier alpha value is -1.22. The highest BCUT2D eigenvalue weighted by Gasteiger charge is 2.19. The van der Waals surface area contributed by atoms with Gasteiger partial charge in [0.1, 0.15) is 5.75 Å². The average Bonchev–Trinajstić information content (AvgIpc) is 2.40. The molecular weight excluding hydrogens is 224 g/mol. The van der Waals surface area contributed by atoms with Gasteiger partial charge < -0.3 is 15.0 Å².